The number of aromatic nitrogens is 2. The first kappa shape index (κ1) is 30.8. The van der Waals surface area contributed by atoms with Gasteiger partial charge in [0.05, 0.1) is 16.6 Å². The fraction of sp³-hybridized carbons (Fsp3) is 0.333. The van der Waals surface area contributed by atoms with E-state index in [-0.39, 0.29) is 29.2 Å². The topological polar surface area (TPSA) is 107 Å². The zero-order valence-corrected chi connectivity index (χ0v) is 26.9. The molecule has 1 amide bonds. The molecule has 0 saturated heterocycles. The van der Waals surface area contributed by atoms with E-state index in [1.165, 1.54) is 6.42 Å². The highest BCUT2D eigenvalue weighted by atomic mass is 32.2. The standard InChI is InChI=1S/C36H41N5O3S/c1-36(23-26-24-38-30-18-8-7-15-27(26)30,35(42)39-34(25-13-5-4-6-14-25)31-19-9-10-22-37-31)40-45(43,44)33-21-12-16-28-29(33)17-11-20-32(28)41(2)3/h7-12,15-22,24-25,34,38,40H,4-6,13-14,23H2,1-3H3,(H,39,42). The Morgan fingerprint density at radius 2 is 1.64 bits per heavy atom. The molecule has 3 N–H and O–H groups in total. The van der Waals surface area contributed by atoms with Gasteiger partial charge in [0, 0.05) is 60.3 Å². The van der Waals surface area contributed by atoms with Crippen LogP contribution in [0.25, 0.3) is 21.7 Å². The Morgan fingerprint density at radius 3 is 2.40 bits per heavy atom. The molecule has 0 aliphatic heterocycles. The summed E-state index contributed by atoms with van der Waals surface area (Å²) in [5, 5.41) is 5.66. The van der Waals surface area contributed by atoms with Crippen molar-refractivity contribution in [1.82, 2.24) is 20.0 Å². The maximum Gasteiger partial charge on any atom is 0.242 e. The number of aromatic amines is 1. The summed E-state index contributed by atoms with van der Waals surface area (Å²) in [5.74, 6) is -0.166. The number of pyridine rings is 1. The third-order valence-corrected chi connectivity index (χ3v) is 10.8. The van der Waals surface area contributed by atoms with Crippen molar-refractivity contribution in [2.75, 3.05) is 19.0 Å². The Kier molecular flexibility index (Phi) is 8.66. The second-order valence-corrected chi connectivity index (χ2v) is 14.3. The molecule has 2 unspecified atom stereocenters. The molecule has 5 aromatic rings. The number of fused-ring (bicyclic) bond motifs is 2. The highest BCUT2D eigenvalue weighted by Gasteiger charge is 2.41. The van der Waals surface area contributed by atoms with Crippen LogP contribution in [-0.2, 0) is 21.2 Å². The molecule has 1 aliphatic rings. The molecule has 8 nitrogen and oxygen atoms in total. The van der Waals surface area contributed by atoms with Gasteiger partial charge in [-0.25, -0.2) is 8.42 Å². The summed E-state index contributed by atoms with van der Waals surface area (Å²) < 4.78 is 31.6. The first-order valence-electron chi connectivity index (χ1n) is 15.7. The minimum atomic E-state index is -4.17. The lowest BCUT2D eigenvalue weighted by molar-refractivity contribution is -0.127. The van der Waals surface area contributed by atoms with Crippen molar-refractivity contribution in [3.8, 4) is 0 Å². The Labute approximate surface area is 265 Å². The van der Waals surface area contributed by atoms with E-state index in [4.69, 9.17) is 0 Å². The normalized spacial score (nSPS) is 16.3. The molecule has 1 aliphatic carbocycles. The Morgan fingerprint density at radius 1 is 0.933 bits per heavy atom. The van der Waals surface area contributed by atoms with Gasteiger partial charge in [0.2, 0.25) is 15.9 Å². The summed E-state index contributed by atoms with van der Waals surface area (Å²) in [6, 6.07) is 24.2. The SMILES string of the molecule is CN(C)c1cccc2c(S(=O)(=O)NC(C)(Cc3c[nH]c4ccccc34)C(=O)NC(c3ccccn3)C3CCCCC3)cccc12. The van der Waals surface area contributed by atoms with E-state index in [1.54, 1.807) is 25.3 Å². The predicted octanol–water partition coefficient (Wildman–Crippen LogP) is 6.50. The number of rotatable bonds is 10. The van der Waals surface area contributed by atoms with Crippen molar-refractivity contribution in [2.24, 2.45) is 5.92 Å². The molecule has 6 rings (SSSR count). The smallest absolute Gasteiger partial charge is 0.242 e. The molecule has 0 radical (unpaired) electrons. The van der Waals surface area contributed by atoms with Gasteiger partial charge >= 0.3 is 0 Å². The number of carbonyl (C=O) groups excluding carboxylic acids is 1. The minimum absolute atomic E-state index is 0.134. The first-order chi connectivity index (χ1) is 21.7. The number of amides is 1. The highest BCUT2D eigenvalue weighted by Crippen LogP contribution is 2.35. The number of carbonyl (C=O) groups is 1. The van der Waals surface area contributed by atoms with Crippen LogP contribution in [0.3, 0.4) is 0 Å². The monoisotopic (exact) mass is 623 g/mol. The number of H-pyrrole nitrogens is 1. The van der Waals surface area contributed by atoms with Gasteiger partial charge in [-0.3, -0.25) is 9.78 Å². The van der Waals surface area contributed by atoms with Crippen molar-refractivity contribution < 1.29 is 13.2 Å². The highest BCUT2D eigenvalue weighted by molar-refractivity contribution is 7.89. The lowest BCUT2D eigenvalue weighted by Crippen LogP contribution is -2.59. The van der Waals surface area contributed by atoms with Crippen LogP contribution in [0.4, 0.5) is 5.69 Å². The van der Waals surface area contributed by atoms with E-state index in [0.29, 0.717) is 5.39 Å². The molecule has 234 valence electrons. The number of anilines is 1. The Balaban J connectivity index is 1.41. The van der Waals surface area contributed by atoms with Crippen molar-refractivity contribution >= 4 is 43.3 Å². The molecule has 9 heteroatoms. The van der Waals surface area contributed by atoms with Crippen LogP contribution < -0.4 is 14.9 Å². The van der Waals surface area contributed by atoms with Gasteiger partial charge in [0.15, 0.2) is 0 Å². The molecule has 0 spiro atoms. The maximum absolute atomic E-state index is 14.6. The summed E-state index contributed by atoms with van der Waals surface area (Å²) in [5.41, 5.74) is 1.96. The molecule has 2 heterocycles. The van der Waals surface area contributed by atoms with E-state index >= 15 is 0 Å². The lowest BCUT2D eigenvalue weighted by Gasteiger charge is -2.35. The van der Waals surface area contributed by atoms with E-state index in [2.05, 4.69) is 20.0 Å². The third-order valence-electron chi connectivity index (χ3n) is 9.12. The van der Waals surface area contributed by atoms with Gasteiger partial charge in [-0.1, -0.05) is 67.8 Å². The van der Waals surface area contributed by atoms with Crippen LogP contribution in [0, 0.1) is 5.92 Å². The van der Waals surface area contributed by atoms with Crippen molar-refractivity contribution in [1.29, 1.82) is 0 Å². The van der Waals surface area contributed by atoms with Crippen molar-refractivity contribution in [2.45, 2.75) is 61.9 Å². The molecule has 2 aromatic heterocycles. The largest absolute Gasteiger partial charge is 0.377 e. The molecular weight excluding hydrogens is 582 g/mol. The number of hydrogen-bond donors (Lipinski definition) is 3. The molecule has 1 saturated carbocycles. The number of para-hydroxylation sites is 1. The van der Waals surface area contributed by atoms with Crippen LogP contribution in [-0.4, -0.2) is 43.9 Å². The summed E-state index contributed by atoms with van der Waals surface area (Å²) in [4.78, 5) is 24.6. The average molecular weight is 624 g/mol. The van der Waals surface area contributed by atoms with Gasteiger partial charge < -0.3 is 15.2 Å². The number of nitrogens with zero attached hydrogens (tertiary/aromatic N) is 2. The second kappa shape index (κ2) is 12.7. The quantitative estimate of drug-likeness (QED) is 0.165. The average Bonchev–Trinajstić information content (AvgIpc) is 3.45. The number of benzene rings is 3. The summed E-state index contributed by atoms with van der Waals surface area (Å²) in [6.07, 6.45) is 9.09. The van der Waals surface area contributed by atoms with Gasteiger partial charge in [0.25, 0.3) is 0 Å². The van der Waals surface area contributed by atoms with E-state index in [9.17, 15) is 13.2 Å². The fourth-order valence-corrected chi connectivity index (χ4v) is 8.42. The molecule has 3 aromatic carbocycles. The summed E-state index contributed by atoms with van der Waals surface area (Å²) in [7, 11) is -0.306. The molecule has 0 bridgehead atoms. The number of hydrogen-bond acceptors (Lipinski definition) is 5. The van der Waals surface area contributed by atoms with E-state index in [0.717, 1.165) is 58.9 Å². The van der Waals surface area contributed by atoms with Crippen LogP contribution in [0.5, 0.6) is 0 Å². The van der Waals surface area contributed by atoms with Gasteiger partial charge in [-0.2, -0.15) is 4.72 Å². The maximum atomic E-state index is 14.6. The van der Waals surface area contributed by atoms with E-state index in [1.807, 2.05) is 91.9 Å². The summed E-state index contributed by atoms with van der Waals surface area (Å²) in [6.45, 7) is 1.69. The Hall–Kier alpha value is -4.21. The van der Waals surface area contributed by atoms with Crippen LogP contribution >= 0.6 is 0 Å². The van der Waals surface area contributed by atoms with Gasteiger partial charge in [-0.05, 0) is 61.6 Å². The second-order valence-electron chi connectivity index (χ2n) is 12.6. The van der Waals surface area contributed by atoms with Gasteiger partial charge in [-0.15, -0.1) is 0 Å². The molecule has 2 atom stereocenters. The molecular formula is C36H41N5O3S. The first-order valence-corrected chi connectivity index (χ1v) is 17.1. The molecule has 45 heavy (non-hydrogen) atoms. The summed E-state index contributed by atoms with van der Waals surface area (Å²) >= 11 is 0. The van der Waals surface area contributed by atoms with Crippen LogP contribution in [0.2, 0.25) is 0 Å². The lowest BCUT2D eigenvalue weighted by atomic mass is 9.82. The van der Waals surface area contributed by atoms with Crippen molar-refractivity contribution in [3.05, 3.63) is 103 Å². The zero-order chi connectivity index (χ0) is 31.6. The predicted molar refractivity (Wildman–Crippen MR) is 181 cm³/mol. The van der Waals surface area contributed by atoms with Crippen LogP contribution in [0.1, 0.15) is 56.3 Å². The molecule has 1 fully saturated rings. The number of sulfonamides is 1. The van der Waals surface area contributed by atoms with Crippen LogP contribution in [0.15, 0.2) is 96.2 Å². The van der Waals surface area contributed by atoms with E-state index < -0.39 is 15.6 Å². The fourth-order valence-electron chi connectivity index (χ4n) is 6.82. The Bertz CT molecular complexity index is 1920. The zero-order valence-electron chi connectivity index (χ0n) is 26.1. The third kappa shape index (κ3) is 6.32. The van der Waals surface area contributed by atoms with Gasteiger partial charge in [0.1, 0.15) is 5.54 Å². The minimum Gasteiger partial charge on any atom is -0.377 e. The number of nitrogens with one attached hydrogen (secondary N) is 3. The van der Waals surface area contributed by atoms with Crippen molar-refractivity contribution in [3.63, 3.8) is 0 Å².